The van der Waals surface area contributed by atoms with Crippen molar-refractivity contribution >= 4 is 17.8 Å². The third-order valence-electron chi connectivity index (χ3n) is 3.71. The van der Waals surface area contributed by atoms with Gasteiger partial charge in [0.05, 0.1) is 12.5 Å². The normalized spacial score (nSPS) is 15.7. The van der Waals surface area contributed by atoms with Crippen LogP contribution >= 0.6 is 0 Å². The van der Waals surface area contributed by atoms with E-state index in [0.717, 1.165) is 18.5 Å². The van der Waals surface area contributed by atoms with Crippen molar-refractivity contribution in [3.8, 4) is 0 Å². The number of hydrogen-bond donors (Lipinski definition) is 3. The molecule has 21 heavy (non-hydrogen) atoms. The molecule has 0 bridgehead atoms. The molecule has 1 aromatic heterocycles. The van der Waals surface area contributed by atoms with Gasteiger partial charge in [0, 0.05) is 18.3 Å². The van der Waals surface area contributed by atoms with Gasteiger partial charge in [0.15, 0.2) is 5.82 Å². The van der Waals surface area contributed by atoms with Crippen LogP contribution in [0.3, 0.4) is 0 Å². The lowest BCUT2D eigenvalue weighted by Crippen LogP contribution is -2.30. The highest BCUT2D eigenvalue weighted by Gasteiger charge is 2.18. The van der Waals surface area contributed by atoms with Crippen molar-refractivity contribution in [1.82, 2.24) is 15.1 Å². The van der Waals surface area contributed by atoms with Crippen molar-refractivity contribution in [1.29, 1.82) is 0 Å². The average molecular weight is 294 g/mol. The molecule has 116 valence electrons. The molecular formula is C14H22N4O3. The molecule has 0 aromatic carbocycles. The van der Waals surface area contributed by atoms with E-state index in [-0.39, 0.29) is 13.0 Å². The molecule has 7 nitrogen and oxygen atoms in total. The molecule has 0 spiro atoms. The van der Waals surface area contributed by atoms with Gasteiger partial charge in [0.2, 0.25) is 0 Å². The quantitative estimate of drug-likeness (QED) is 0.776. The number of amides is 2. The minimum absolute atomic E-state index is 0.0943. The van der Waals surface area contributed by atoms with Gasteiger partial charge in [-0.05, 0) is 19.8 Å². The van der Waals surface area contributed by atoms with Crippen molar-refractivity contribution in [2.24, 2.45) is 0 Å². The summed E-state index contributed by atoms with van der Waals surface area (Å²) in [4.78, 5) is 22.0. The molecule has 1 saturated carbocycles. The lowest BCUT2D eigenvalue weighted by atomic mass is 9.95. The molecule has 2 amide bonds. The van der Waals surface area contributed by atoms with Crippen molar-refractivity contribution in [3.05, 3.63) is 11.8 Å². The first-order valence-corrected chi connectivity index (χ1v) is 7.39. The van der Waals surface area contributed by atoms with Crippen LogP contribution in [0.5, 0.6) is 0 Å². The zero-order valence-corrected chi connectivity index (χ0v) is 12.3. The highest BCUT2D eigenvalue weighted by molar-refractivity contribution is 5.88. The molecule has 1 fully saturated rings. The summed E-state index contributed by atoms with van der Waals surface area (Å²) in [6.45, 7) is 2.08. The second-order valence-corrected chi connectivity index (χ2v) is 5.43. The number of nitrogens with one attached hydrogen (secondary N) is 2. The fourth-order valence-corrected chi connectivity index (χ4v) is 2.69. The summed E-state index contributed by atoms with van der Waals surface area (Å²) in [7, 11) is 0. The van der Waals surface area contributed by atoms with E-state index in [1.54, 1.807) is 0 Å². The van der Waals surface area contributed by atoms with Gasteiger partial charge in [-0.25, -0.2) is 4.79 Å². The van der Waals surface area contributed by atoms with Crippen LogP contribution < -0.4 is 10.6 Å². The Bertz CT molecular complexity index is 506. The van der Waals surface area contributed by atoms with E-state index in [0.29, 0.717) is 11.9 Å². The number of carbonyl (C=O) groups is 2. The Morgan fingerprint density at radius 1 is 1.38 bits per heavy atom. The van der Waals surface area contributed by atoms with Crippen molar-refractivity contribution in [2.75, 3.05) is 11.9 Å². The van der Waals surface area contributed by atoms with Crippen LogP contribution in [0.2, 0.25) is 0 Å². The van der Waals surface area contributed by atoms with Crippen LogP contribution in [0.15, 0.2) is 6.07 Å². The predicted octanol–water partition coefficient (Wildman–Crippen LogP) is 2.29. The second-order valence-electron chi connectivity index (χ2n) is 5.43. The number of urea groups is 1. The molecule has 3 N–H and O–H groups in total. The van der Waals surface area contributed by atoms with Crippen LogP contribution in [0.4, 0.5) is 10.6 Å². The maximum atomic E-state index is 11.6. The van der Waals surface area contributed by atoms with E-state index in [1.807, 2.05) is 17.7 Å². The van der Waals surface area contributed by atoms with Crippen molar-refractivity contribution in [2.45, 2.75) is 51.5 Å². The number of carbonyl (C=O) groups excluding carboxylic acids is 1. The van der Waals surface area contributed by atoms with Gasteiger partial charge in [-0.2, -0.15) is 5.10 Å². The van der Waals surface area contributed by atoms with E-state index in [4.69, 9.17) is 5.11 Å². The van der Waals surface area contributed by atoms with Crippen LogP contribution in [0, 0.1) is 6.92 Å². The van der Waals surface area contributed by atoms with Gasteiger partial charge in [0.25, 0.3) is 0 Å². The van der Waals surface area contributed by atoms with Gasteiger partial charge in [-0.15, -0.1) is 0 Å². The van der Waals surface area contributed by atoms with Gasteiger partial charge in [-0.1, -0.05) is 19.3 Å². The summed E-state index contributed by atoms with van der Waals surface area (Å²) in [6.07, 6.45) is 5.90. The van der Waals surface area contributed by atoms with E-state index < -0.39 is 12.0 Å². The molecule has 0 atom stereocenters. The Labute approximate surface area is 123 Å². The monoisotopic (exact) mass is 294 g/mol. The fraction of sp³-hybridized carbons (Fsp3) is 0.643. The molecule has 1 aromatic rings. The van der Waals surface area contributed by atoms with Gasteiger partial charge < -0.3 is 10.4 Å². The van der Waals surface area contributed by atoms with E-state index in [9.17, 15) is 9.59 Å². The summed E-state index contributed by atoms with van der Waals surface area (Å²) in [5.41, 5.74) is 1.03. The fourth-order valence-electron chi connectivity index (χ4n) is 2.69. The van der Waals surface area contributed by atoms with Crippen molar-refractivity contribution in [3.63, 3.8) is 0 Å². The molecule has 1 aliphatic carbocycles. The third-order valence-corrected chi connectivity index (χ3v) is 3.71. The third kappa shape index (κ3) is 4.47. The Kier molecular flexibility index (Phi) is 5.19. The highest BCUT2D eigenvalue weighted by atomic mass is 16.4. The lowest BCUT2D eigenvalue weighted by molar-refractivity contribution is -0.136. The number of aryl methyl sites for hydroxylation is 1. The smallest absolute Gasteiger partial charge is 0.320 e. The predicted molar refractivity (Wildman–Crippen MR) is 78.4 cm³/mol. The Morgan fingerprint density at radius 3 is 2.76 bits per heavy atom. The van der Waals surface area contributed by atoms with Gasteiger partial charge >= 0.3 is 12.0 Å². The van der Waals surface area contributed by atoms with E-state index >= 15 is 0 Å². The molecule has 0 aliphatic heterocycles. The van der Waals surface area contributed by atoms with E-state index in [1.165, 1.54) is 19.3 Å². The molecule has 7 heteroatoms. The molecular weight excluding hydrogens is 272 g/mol. The standard InChI is InChI=1S/C14H22N4O3/c1-10-9-12(16-14(21)15-8-7-13(19)20)17-18(10)11-5-3-2-4-6-11/h9,11H,2-8H2,1H3,(H,19,20)(H2,15,16,17,21). The zero-order chi connectivity index (χ0) is 15.2. The molecule has 1 heterocycles. The van der Waals surface area contributed by atoms with Gasteiger partial charge in [0.1, 0.15) is 0 Å². The van der Waals surface area contributed by atoms with Crippen molar-refractivity contribution < 1.29 is 14.7 Å². The lowest BCUT2D eigenvalue weighted by Gasteiger charge is -2.23. The van der Waals surface area contributed by atoms with Crippen LogP contribution in [0.25, 0.3) is 0 Å². The van der Waals surface area contributed by atoms with E-state index in [2.05, 4.69) is 15.7 Å². The minimum atomic E-state index is -0.937. The number of hydrogen-bond acceptors (Lipinski definition) is 3. The Balaban J connectivity index is 1.89. The number of aliphatic carboxylic acids is 1. The first kappa shape index (κ1) is 15.3. The summed E-state index contributed by atoms with van der Waals surface area (Å²) in [5.74, 6) is -0.432. The number of aromatic nitrogens is 2. The number of rotatable bonds is 5. The van der Waals surface area contributed by atoms with Crippen LogP contribution in [-0.4, -0.2) is 33.4 Å². The first-order chi connectivity index (χ1) is 10.1. The SMILES string of the molecule is Cc1cc(NC(=O)NCCC(=O)O)nn1C1CCCCC1. The molecule has 0 radical (unpaired) electrons. The summed E-state index contributed by atoms with van der Waals surface area (Å²) >= 11 is 0. The summed E-state index contributed by atoms with van der Waals surface area (Å²) in [5, 5.41) is 18.1. The molecule has 0 saturated heterocycles. The number of carboxylic acids is 1. The molecule has 1 aliphatic rings. The Hall–Kier alpha value is -2.05. The summed E-state index contributed by atoms with van der Waals surface area (Å²) in [6, 6.07) is 1.83. The highest BCUT2D eigenvalue weighted by Crippen LogP contribution is 2.29. The Morgan fingerprint density at radius 2 is 2.10 bits per heavy atom. The average Bonchev–Trinajstić information content (AvgIpc) is 2.80. The second kappa shape index (κ2) is 7.10. The number of nitrogens with zero attached hydrogens (tertiary/aromatic N) is 2. The largest absolute Gasteiger partial charge is 0.481 e. The zero-order valence-electron chi connectivity index (χ0n) is 12.3. The topological polar surface area (TPSA) is 96.2 Å². The minimum Gasteiger partial charge on any atom is -0.481 e. The molecule has 0 unspecified atom stereocenters. The number of anilines is 1. The maximum Gasteiger partial charge on any atom is 0.320 e. The maximum absolute atomic E-state index is 11.6. The van der Waals surface area contributed by atoms with Gasteiger partial charge in [-0.3, -0.25) is 14.8 Å². The molecule has 2 rings (SSSR count). The summed E-state index contributed by atoms with van der Waals surface area (Å²) < 4.78 is 1.99. The number of carboxylic acid groups (broad SMARTS) is 1. The van der Waals surface area contributed by atoms with Crippen LogP contribution in [0.1, 0.15) is 50.3 Å². The first-order valence-electron chi connectivity index (χ1n) is 7.39. The van der Waals surface area contributed by atoms with Crippen LogP contribution in [-0.2, 0) is 4.79 Å².